The number of allylic oxidation sites excluding steroid dienone is 4. The van der Waals surface area contributed by atoms with Crippen molar-refractivity contribution in [1.29, 1.82) is 0 Å². The molecule has 0 bridgehead atoms. The minimum atomic E-state index is -5.71. The third-order valence-electron chi connectivity index (χ3n) is 15.7. The first kappa shape index (κ1) is 51.0. The summed E-state index contributed by atoms with van der Waals surface area (Å²) in [6.45, 7) is 8.22. The first-order valence-electron chi connectivity index (χ1n) is 26.1. The number of fused-ring (bicyclic) bond motifs is 8. The number of benzene rings is 8. The van der Waals surface area contributed by atoms with Gasteiger partial charge in [-0.15, -0.1) is 23.5 Å². The molecule has 0 aromatic heterocycles. The number of halogens is 6. The fourth-order valence-electron chi connectivity index (χ4n) is 11.7. The molecule has 8 aromatic carbocycles. The van der Waals surface area contributed by atoms with Gasteiger partial charge in [0.15, 0.2) is 0 Å². The van der Waals surface area contributed by atoms with Gasteiger partial charge < -0.3 is 18.9 Å². The zero-order valence-electron chi connectivity index (χ0n) is 42.9. The molecule has 0 N–H and O–H groups in total. The molecule has 2 aliphatic heterocycles. The lowest BCUT2D eigenvalue weighted by Gasteiger charge is -2.47. The van der Waals surface area contributed by atoms with Crippen molar-refractivity contribution in [2.24, 2.45) is 0 Å². The number of ether oxygens (including phenoxy) is 4. The van der Waals surface area contributed by atoms with Crippen molar-refractivity contribution in [1.82, 2.24) is 0 Å². The Bertz CT molecular complexity index is 3600. The van der Waals surface area contributed by atoms with E-state index in [4.69, 9.17) is 18.9 Å². The van der Waals surface area contributed by atoms with Crippen molar-refractivity contribution in [2.45, 2.75) is 80.6 Å². The molecule has 0 radical (unpaired) electrons. The first-order valence-corrected chi connectivity index (χ1v) is 27.8. The smallest absolute Gasteiger partial charge is 0.380 e. The summed E-state index contributed by atoms with van der Waals surface area (Å²) < 4.78 is 122. The molecular weight excluding hydrogens is 1020 g/mol. The number of unbranched alkanes of at least 4 members (excludes halogenated alkanes) is 2. The molecular formula is C65H54F6O4S2. The van der Waals surface area contributed by atoms with Gasteiger partial charge in [0.2, 0.25) is 0 Å². The Kier molecular flexibility index (Phi) is 12.8. The molecule has 2 aliphatic carbocycles. The average Bonchev–Trinajstić information content (AvgIpc) is 3.96. The van der Waals surface area contributed by atoms with Crippen LogP contribution in [0.15, 0.2) is 190 Å². The maximum absolute atomic E-state index is 16.6. The SMILES string of the molecule is CCCCOc1ccc2ccccc2c1-c1c(OCC2=CC3=C4C(=C5C=C(COc6ccc7ccccc7c6-c6c(OCCCC)ccc7ccccc67)SC5(C)C3(C)S2)C(F)(F)C(F)(F)C4(F)F)ccc2ccccc12. The number of hydrogen-bond acceptors (Lipinski definition) is 6. The van der Waals surface area contributed by atoms with Crippen LogP contribution in [0.1, 0.15) is 53.4 Å². The molecule has 8 aromatic rings. The van der Waals surface area contributed by atoms with Gasteiger partial charge in [0, 0.05) is 43.2 Å². The summed E-state index contributed by atoms with van der Waals surface area (Å²) in [5.41, 5.74) is -0.0336. The lowest BCUT2D eigenvalue weighted by molar-refractivity contribution is -0.258. The predicted molar refractivity (Wildman–Crippen MR) is 303 cm³/mol. The van der Waals surface area contributed by atoms with E-state index >= 15 is 26.3 Å². The van der Waals surface area contributed by atoms with Gasteiger partial charge in [-0.2, -0.15) is 26.3 Å². The molecule has 1 saturated carbocycles. The summed E-state index contributed by atoms with van der Waals surface area (Å²) in [5.74, 6) is -13.8. The Morgan fingerprint density at radius 3 is 1.00 bits per heavy atom. The summed E-state index contributed by atoms with van der Waals surface area (Å²) in [6, 6.07) is 47.4. The second kappa shape index (κ2) is 19.3. The molecule has 0 amide bonds. The lowest BCUT2D eigenvalue weighted by Crippen LogP contribution is -2.49. The van der Waals surface area contributed by atoms with Crippen molar-refractivity contribution in [3.05, 3.63) is 190 Å². The topological polar surface area (TPSA) is 36.9 Å². The monoisotopic (exact) mass is 1080 g/mol. The van der Waals surface area contributed by atoms with Crippen molar-refractivity contribution in [3.63, 3.8) is 0 Å². The van der Waals surface area contributed by atoms with Crippen molar-refractivity contribution >= 4 is 66.6 Å². The number of alkyl halides is 6. The van der Waals surface area contributed by atoms with Crippen LogP contribution in [-0.4, -0.2) is 53.7 Å². The minimum absolute atomic E-state index is 0.171. The molecule has 12 rings (SSSR count). The van der Waals surface area contributed by atoms with Crippen LogP contribution in [0.4, 0.5) is 26.3 Å². The molecule has 77 heavy (non-hydrogen) atoms. The molecule has 2 unspecified atom stereocenters. The van der Waals surface area contributed by atoms with E-state index in [1.807, 2.05) is 146 Å². The second-order valence-electron chi connectivity index (χ2n) is 20.4. The quantitative estimate of drug-likeness (QED) is 0.0709. The van der Waals surface area contributed by atoms with Crippen LogP contribution < -0.4 is 18.9 Å². The summed E-state index contributed by atoms with van der Waals surface area (Å²) >= 11 is 2.36. The molecule has 1 fully saturated rings. The molecule has 2 atom stereocenters. The fourth-order valence-corrected chi connectivity index (χ4v) is 14.7. The van der Waals surface area contributed by atoms with Gasteiger partial charge in [0.1, 0.15) is 36.2 Å². The molecule has 4 nitrogen and oxygen atoms in total. The Labute approximate surface area is 451 Å². The van der Waals surface area contributed by atoms with Gasteiger partial charge in [-0.1, -0.05) is 148 Å². The number of hydrogen-bond donors (Lipinski definition) is 0. The average molecular weight is 1080 g/mol. The van der Waals surface area contributed by atoms with E-state index < -0.39 is 38.4 Å². The molecule has 12 heteroatoms. The minimum Gasteiger partial charge on any atom is -0.493 e. The Morgan fingerprint density at radius 1 is 0.390 bits per heavy atom. The molecule has 392 valence electrons. The zero-order chi connectivity index (χ0) is 53.5. The summed E-state index contributed by atoms with van der Waals surface area (Å²) in [7, 11) is 0. The highest BCUT2D eigenvalue weighted by Gasteiger charge is 2.84. The van der Waals surface area contributed by atoms with Crippen LogP contribution in [0.5, 0.6) is 23.0 Å². The highest BCUT2D eigenvalue weighted by molar-refractivity contribution is 8.09. The van der Waals surface area contributed by atoms with E-state index in [0.29, 0.717) is 46.0 Å². The lowest BCUT2D eigenvalue weighted by atomic mass is 9.71. The van der Waals surface area contributed by atoms with Gasteiger partial charge in [-0.25, -0.2) is 0 Å². The van der Waals surface area contributed by atoms with Crippen LogP contribution in [0.25, 0.3) is 65.3 Å². The largest absolute Gasteiger partial charge is 0.493 e. The predicted octanol–water partition coefficient (Wildman–Crippen LogP) is 18.8. The van der Waals surface area contributed by atoms with Crippen LogP contribution in [-0.2, 0) is 0 Å². The summed E-state index contributed by atoms with van der Waals surface area (Å²) in [6.07, 6.45) is 6.32. The van der Waals surface area contributed by atoms with E-state index in [9.17, 15) is 0 Å². The van der Waals surface area contributed by atoms with Crippen LogP contribution in [0.2, 0.25) is 0 Å². The van der Waals surface area contributed by atoms with E-state index in [2.05, 4.69) is 13.8 Å². The fraction of sp³-hybridized carbons (Fsp3) is 0.262. The Balaban J connectivity index is 0.925. The third-order valence-corrected chi connectivity index (χ3v) is 18.9. The van der Waals surface area contributed by atoms with Crippen molar-refractivity contribution < 1.29 is 45.3 Å². The number of rotatable bonds is 16. The van der Waals surface area contributed by atoms with Gasteiger partial charge in [-0.05, 0) is 117 Å². The maximum atomic E-state index is 16.6. The van der Waals surface area contributed by atoms with Crippen LogP contribution in [0.3, 0.4) is 0 Å². The highest BCUT2D eigenvalue weighted by Crippen LogP contribution is 2.74. The van der Waals surface area contributed by atoms with E-state index in [1.165, 1.54) is 35.7 Å². The van der Waals surface area contributed by atoms with Gasteiger partial charge in [0.05, 0.1) is 22.7 Å². The Morgan fingerprint density at radius 2 is 0.688 bits per heavy atom. The third kappa shape index (κ3) is 7.97. The number of thioether (sulfide) groups is 2. The van der Waals surface area contributed by atoms with Gasteiger partial charge in [-0.3, -0.25) is 0 Å². The van der Waals surface area contributed by atoms with E-state index in [1.54, 1.807) is 13.8 Å². The second-order valence-corrected chi connectivity index (χ2v) is 23.5. The molecule has 2 heterocycles. The highest BCUT2D eigenvalue weighted by atomic mass is 32.2. The Hall–Kier alpha value is -6.76. The maximum Gasteiger partial charge on any atom is 0.380 e. The molecule has 4 aliphatic rings. The van der Waals surface area contributed by atoms with Crippen molar-refractivity contribution in [3.8, 4) is 45.3 Å². The first-order chi connectivity index (χ1) is 37.1. The van der Waals surface area contributed by atoms with Gasteiger partial charge in [0.25, 0.3) is 0 Å². The van der Waals surface area contributed by atoms with E-state index in [0.717, 1.165) is 91.0 Å². The van der Waals surface area contributed by atoms with E-state index in [-0.39, 0.29) is 24.4 Å². The summed E-state index contributed by atoms with van der Waals surface area (Å²) in [5, 5.41) is 7.51. The van der Waals surface area contributed by atoms with Crippen molar-refractivity contribution in [2.75, 3.05) is 26.4 Å². The zero-order valence-corrected chi connectivity index (χ0v) is 44.5. The standard InChI is InChI=1S/C65H54F6O4S2/c1-5-7-33-72-51-29-25-39-17-9-13-21-45(39)55(51)57-47-23-15-11-19-41(47)27-31-53(57)74-37-43-35-49-59-60(64(68,69)65(70,71)63(59,66)67)50-36-44(77-62(50,4)61(49,3)76-43)38-75-54-32-28-42-20-12-16-24-48(42)58(54)56-46-22-14-10-18-40(46)26-30-52(56)73-34-8-6-2/h9-32,35-36H,5-8,33-34,37-38H2,1-4H3. The van der Waals surface area contributed by atoms with Gasteiger partial charge >= 0.3 is 17.8 Å². The molecule has 0 spiro atoms. The van der Waals surface area contributed by atoms with Crippen LogP contribution >= 0.6 is 23.5 Å². The normalized spacial score (nSPS) is 20.9. The molecule has 0 saturated heterocycles. The summed E-state index contributed by atoms with van der Waals surface area (Å²) in [4.78, 5) is 0.835. The van der Waals surface area contributed by atoms with Crippen LogP contribution in [0, 0.1) is 0 Å².